The van der Waals surface area contributed by atoms with Gasteiger partial charge in [0.2, 0.25) is 5.91 Å². The van der Waals surface area contributed by atoms with Crippen LogP contribution in [-0.2, 0) is 9.59 Å². The van der Waals surface area contributed by atoms with Crippen molar-refractivity contribution in [3.05, 3.63) is 0 Å². The number of amides is 1. The van der Waals surface area contributed by atoms with E-state index in [0.717, 1.165) is 12.8 Å². The molecule has 16 heavy (non-hydrogen) atoms. The van der Waals surface area contributed by atoms with Crippen LogP contribution in [0.15, 0.2) is 0 Å². The average Bonchev–Trinajstić information content (AvgIpc) is 2.49. The van der Waals surface area contributed by atoms with E-state index < -0.39 is 11.9 Å². The van der Waals surface area contributed by atoms with Gasteiger partial charge >= 0.3 is 5.97 Å². The van der Waals surface area contributed by atoms with Gasteiger partial charge in [0, 0.05) is 12.1 Å². The summed E-state index contributed by atoms with van der Waals surface area (Å²) in [6, 6.07) is 0.0890. The Labute approximate surface area is 94.0 Å². The maximum absolute atomic E-state index is 12.0. The SMILES string of the molecule is CC(C(=O)O)C(=O)N1C2CCC1CC(O)C2. The van der Waals surface area contributed by atoms with E-state index in [4.69, 9.17) is 5.11 Å². The standard InChI is InChI=1S/C11H17NO4/c1-6(11(15)16)10(14)12-7-2-3-8(12)5-9(13)4-7/h6-9,13H,2-5H2,1H3,(H,15,16). The number of hydrogen-bond donors (Lipinski definition) is 2. The first-order chi connectivity index (χ1) is 7.50. The number of nitrogens with zero attached hydrogens (tertiary/aromatic N) is 1. The maximum atomic E-state index is 12.0. The molecule has 0 aliphatic carbocycles. The summed E-state index contributed by atoms with van der Waals surface area (Å²) in [5.74, 6) is -2.35. The van der Waals surface area contributed by atoms with Gasteiger partial charge in [-0.25, -0.2) is 0 Å². The van der Waals surface area contributed by atoms with Crippen LogP contribution in [0.4, 0.5) is 0 Å². The van der Waals surface area contributed by atoms with Crippen LogP contribution in [0.1, 0.15) is 32.6 Å². The first-order valence-electron chi connectivity index (χ1n) is 5.73. The predicted molar refractivity (Wildman–Crippen MR) is 55.7 cm³/mol. The molecule has 0 aromatic rings. The van der Waals surface area contributed by atoms with Gasteiger partial charge in [0.25, 0.3) is 0 Å². The Morgan fingerprint density at radius 2 is 1.75 bits per heavy atom. The van der Waals surface area contributed by atoms with Gasteiger partial charge in [-0.1, -0.05) is 0 Å². The van der Waals surface area contributed by atoms with Gasteiger partial charge in [-0.2, -0.15) is 0 Å². The smallest absolute Gasteiger partial charge is 0.315 e. The Bertz CT molecular complexity index is 303. The fourth-order valence-corrected chi connectivity index (χ4v) is 2.84. The number of carbonyl (C=O) groups excluding carboxylic acids is 1. The predicted octanol–water partition coefficient (Wildman–Crippen LogP) is 0.221. The lowest BCUT2D eigenvalue weighted by atomic mass is 9.98. The molecule has 2 aliphatic rings. The summed E-state index contributed by atoms with van der Waals surface area (Å²) in [6.07, 6.45) is 2.63. The van der Waals surface area contributed by atoms with Crippen molar-refractivity contribution in [1.29, 1.82) is 0 Å². The molecule has 3 unspecified atom stereocenters. The molecule has 1 amide bonds. The van der Waals surface area contributed by atoms with Crippen molar-refractivity contribution in [2.75, 3.05) is 0 Å². The van der Waals surface area contributed by atoms with Gasteiger partial charge in [-0.15, -0.1) is 0 Å². The lowest BCUT2D eigenvalue weighted by molar-refractivity contribution is -0.153. The van der Waals surface area contributed by atoms with E-state index in [-0.39, 0.29) is 24.1 Å². The van der Waals surface area contributed by atoms with Crippen LogP contribution in [0.2, 0.25) is 0 Å². The van der Waals surface area contributed by atoms with Crippen LogP contribution in [0.25, 0.3) is 0 Å². The Balaban J connectivity index is 2.11. The molecular weight excluding hydrogens is 210 g/mol. The number of piperidine rings is 1. The number of hydrogen-bond acceptors (Lipinski definition) is 3. The van der Waals surface area contributed by atoms with Crippen LogP contribution in [0.5, 0.6) is 0 Å². The fraction of sp³-hybridized carbons (Fsp3) is 0.818. The third kappa shape index (κ3) is 1.80. The summed E-state index contributed by atoms with van der Waals surface area (Å²) in [7, 11) is 0. The minimum absolute atomic E-state index is 0.0445. The van der Waals surface area contributed by atoms with Gasteiger partial charge in [-0.05, 0) is 32.6 Å². The highest BCUT2D eigenvalue weighted by atomic mass is 16.4. The van der Waals surface area contributed by atoms with Gasteiger partial charge in [-0.3, -0.25) is 9.59 Å². The van der Waals surface area contributed by atoms with Crippen LogP contribution in [0, 0.1) is 5.92 Å². The van der Waals surface area contributed by atoms with Crippen molar-refractivity contribution in [2.45, 2.75) is 50.8 Å². The molecule has 0 radical (unpaired) electrons. The number of carbonyl (C=O) groups is 2. The van der Waals surface area contributed by atoms with Crippen LogP contribution < -0.4 is 0 Å². The highest BCUT2D eigenvalue weighted by Gasteiger charge is 2.44. The average molecular weight is 227 g/mol. The molecule has 2 saturated heterocycles. The second-order valence-corrected chi connectivity index (χ2v) is 4.82. The number of aliphatic hydroxyl groups excluding tert-OH is 1. The Hall–Kier alpha value is -1.10. The molecule has 0 aromatic heterocycles. The summed E-state index contributed by atoms with van der Waals surface area (Å²) in [6.45, 7) is 1.43. The molecule has 2 aliphatic heterocycles. The van der Waals surface area contributed by atoms with Gasteiger partial charge in [0.15, 0.2) is 0 Å². The van der Waals surface area contributed by atoms with Crippen molar-refractivity contribution in [3.8, 4) is 0 Å². The van der Waals surface area contributed by atoms with Crippen LogP contribution in [-0.4, -0.2) is 45.2 Å². The summed E-state index contributed by atoms with van der Waals surface area (Å²) in [4.78, 5) is 24.5. The van der Waals surface area contributed by atoms with E-state index in [1.807, 2.05) is 0 Å². The molecule has 2 fully saturated rings. The molecule has 2 rings (SSSR count). The second kappa shape index (κ2) is 4.05. The van der Waals surface area contributed by atoms with Gasteiger partial charge in [0.05, 0.1) is 6.10 Å². The quantitative estimate of drug-likeness (QED) is 0.662. The third-order valence-corrected chi connectivity index (χ3v) is 3.70. The highest BCUT2D eigenvalue weighted by Crippen LogP contribution is 2.36. The molecule has 3 atom stereocenters. The van der Waals surface area contributed by atoms with Crippen molar-refractivity contribution in [2.24, 2.45) is 5.92 Å². The third-order valence-electron chi connectivity index (χ3n) is 3.70. The molecule has 2 bridgehead atoms. The Morgan fingerprint density at radius 3 is 2.19 bits per heavy atom. The van der Waals surface area contributed by atoms with E-state index in [1.165, 1.54) is 6.92 Å². The monoisotopic (exact) mass is 227 g/mol. The summed E-state index contributed by atoms with van der Waals surface area (Å²) >= 11 is 0. The van der Waals surface area contributed by atoms with E-state index in [0.29, 0.717) is 12.8 Å². The van der Waals surface area contributed by atoms with Crippen molar-refractivity contribution >= 4 is 11.9 Å². The van der Waals surface area contributed by atoms with Crippen molar-refractivity contribution in [1.82, 2.24) is 4.90 Å². The molecule has 0 aromatic carbocycles. The fourth-order valence-electron chi connectivity index (χ4n) is 2.84. The number of rotatable bonds is 2. The largest absolute Gasteiger partial charge is 0.481 e. The molecule has 5 heteroatoms. The van der Waals surface area contributed by atoms with Gasteiger partial charge < -0.3 is 15.1 Å². The topological polar surface area (TPSA) is 77.8 Å². The number of carboxylic acids is 1. The zero-order valence-electron chi connectivity index (χ0n) is 9.30. The zero-order valence-corrected chi connectivity index (χ0v) is 9.30. The normalized spacial score (nSPS) is 34.9. The summed E-state index contributed by atoms with van der Waals surface area (Å²) < 4.78 is 0. The maximum Gasteiger partial charge on any atom is 0.315 e. The van der Waals surface area contributed by atoms with E-state index in [9.17, 15) is 14.7 Å². The molecule has 90 valence electrons. The molecule has 0 spiro atoms. The number of aliphatic hydroxyl groups is 1. The number of fused-ring (bicyclic) bond motifs is 2. The Morgan fingerprint density at radius 1 is 1.25 bits per heavy atom. The van der Waals surface area contributed by atoms with Crippen LogP contribution in [0.3, 0.4) is 0 Å². The minimum atomic E-state index is -1.07. The molecule has 0 saturated carbocycles. The Kier molecular flexibility index (Phi) is 2.88. The zero-order chi connectivity index (χ0) is 11.9. The summed E-state index contributed by atoms with van der Waals surface area (Å²) in [5, 5.41) is 18.4. The lowest BCUT2D eigenvalue weighted by Crippen LogP contribution is -2.50. The lowest BCUT2D eigenvalue weighted by Gasteiger charge is -2.38. The second-order valence-electron chi connectivity index (χ2n) is 4.82. The van der Waals surface area contributed by atoms with E-state index in [1.54, 1.807) is 4.90 Å². The van der Waals surface area contributed by atoms with Crippen molar-refractivity contribution < 1.29 is 19.8 Å². The van der Waals surface area contributed by atoms with Gasteiger partial charge in [0.1, 0.15) is 5.92 Å². The highest BCUT2D eigenvalue weighted by molar-refractivity contribution is 5.96. The molecule has 2 heterocycles. The molecule has 2 N–H and O–H groups in total. The first kappa shape index (κ1) is 11.4. The minimum Gasteiger partial charge on any atom is -0.481 e. The van der Waals surface area contributed by atoms with E-state index >= 15 is 0 Å². The molecule has 5 nitrogen and oxygen atoms in total. The van der Waals surface area contributed by atoms with Crippen LogP contribution >= 0.6 is 0 Å². The first-order valence-corrected chi connectivity index (χ1v) is 5.73. The van der Waals surface area contributed by atoms with Crippen molar-refractivity contribution in [3.63, 3.8) is 0 Å². The number of carboxylic acid groups (broad SMARTS) is 1. The molecular formula is C11H17NO4. The van der Waals surface area contributed by atoms with E-state index in [2.05, 4.69) is 0 Å². The summed E-state index contributed by atoms with van der Waals surface area (Å²) in [5.41, 5.74) is 0. The number of aliphatic carboxylic acids is 1.